The SMILES string of the molecule is COc1ccccc1CN1CCC2NC(SCC(=O)Nc3c(C)cccc3C)NC(=O)C2C1. The number of para-hydroxylation sites is 2. The van der Waals surface area contributed by atoms with Crippen molar-refractivity contribution < 1.29 is 14.3 Å². The van der Waals surface area contributed by atoms with Crippen LogP contribution in [0.25, 0.3) is 0 Å². The number of methoxy groups -OCH3 is 1. The predicted octanol–water partition coefficient (Wildman–Crippen LogP) is 2.88. The molecule has 7 nitrogen and oxygen atoms in total. The second-order valence-corrected chi connectivity index (χ2v) is 9.82. The number of amides is 2. The van der Waals surface area contributed by atoms with E-state index in [-0.39, 0.29) is 35.0 Å². The quantitative estimate of drug-likeness (QED) is 0.580. The van der Waals surface area contributed by atoms with Crippen LogP contribution in [0.2, 0.25) is 0 Å². The molecule has 3 unspecified atom stereocenters. The fraction of sp³-hybridized carbons (Fsp3) is 0.440. The largest absolute Gasteiger partial charge is 0.496 e. The third-order valence-corrected chi connectivity index (χ3v) is 7.40. The van der Waals surface area contributed by atoms with Crippen LogP contribution in [0.4, 0.5) is 5.69 Å². The fourth-order valence-corrected chi connectivity index (χ4v) is 5.47. The molecule has 2 heterocycles. The monoisotopic (exact) mass is 468 g/mol. The number of carbonyl (C=O) groups excluding carboxylic acids is 2. The highest BCUT2D eigenvalue weighted by Crippen LogP contribution is 2.27. The van der Waals surface area contributed by atoms with Crippen molar-refractivity contribution in [3.8, 4) is 5.75 Å². The summed E-state index contributed by atoms with van der Waals surface area (Å²) in [6, 6.07) is 14.1. The second kappa shape index (κ2) is 10.6. The maximum atomic E-state index is 12.9. The number of aryl methyl sites for hydroxylation is 2. The molecule has 0 spiro atoms. The lowest BCUT2D eigenvalue weighted by Gasteiger charge is -2.43. The number of anilines is 1. The van der Waals surface area contributed by atoms with Crippen LogP contribution in [0.3, 0.4) is 0 Å². The van der Waals surface area contributed by atoms with E-state index in [1.165, 1.54) is 11.8 Å². The third kappa shape index (κ3) is 5.69. The smallest absolute Gasteiger partial charge is 0.234 e. The van der Waals surface area contributed by atoms with E-state index in [0.29, 0.717) is 6.54 Å². The van der Waals surface area contributed by atoms with Gasteiger partial charge in [-0.3, -0.25) is 19.8 Å². The molecule has 33 heavy (non-hydrogen) atoms. The lowest BCUT2D eigenvalue weighted by atomic mass is 9.89. The van der Waals surface area contributed by atoms with Crippen molar-refractivity contribution in [2.75, 3.05) is 31.3 Å². The van der Waals surface area contributed by atoms with Crippen molar-refractivity contribution in [3.63, 3.8) is 0 Å². The molecular formula is C25H32N4O3S. The van der Waals surface area contributed by atoms with Crippen LogP contribution in [0.5, 0.6) is 5.75 Å². The molecule has 2 aliphatic heterocycles. The number of likely N-dealkylation sites (tertiary alicyclic amines) is 1. The number of piperidine rings is 1. The van der Waals surface area contributed by atoms with Crippen molar-refractivity contribution >= 4 is 29.3 Å². The fourth-order valence-electron chi connectivity index (χ4n) is 4.61. The Hall–Kier alpha value is -2.55. The maximum absolute atomic E-state index is 12.9. The van der Waals surface area contributed by atoms with Gasteiger partial charge >= 0.3 is 0 Å². The molecule has 0 aliphatic carbocycles. The Morgan fingerprint density at radius 2 is 1.94 bits per heavy atom. The van der Waals surface area contributed by atoms with E-state index in [1.54, 1.807) is 7.11 Å². The Labute approximate surface area is 199 Å². The van der Waals surface area contributed by atoms with E-state index in [1.807, 2.05) is 50.2 Å². The van der Waals surface area contributed by atoms with Gasteiger partial charge in [-0.05, 0) is 37.5 Å². The standard InChI is InChI=1S/C25H32N4O3S/c1-16-7-6-8-17(2)23(16)27-22(30)15-33-25-26-20-11-12-29(14-19(20)24(31)28-25)13-18-9-4-5-10-21(18)32-3/h4-10,19-20,25-26H,11-15H2,1-3H3,(H,27,30)(H,28,31). The number of nitrogens with zero attached hydrogens (tertiary/aromatic N) is 1. The minimum absolute atomic E-state index is 0.0520. The minimum Gasteiger partial charge on any atom is -0.496 e. The summed E-state index contributed by atoms with van der Waals surface area (Å²) in [5.74, 6) is 1.02. The van der Waals surface area contributed by atoms with Crippen LogP contribution in [0.15, 0.2) is 42.5 Å². The summed E-state index contributed by atoms with van der Waals surface area (Å²) in [6.07, 6.45) is 0.888. The third-order valence-electron chi connectivity index (χ3n) is 6.39. The molecule has 8 heteroatoms. The zero-order valence-corrected chi connectivity index (χ0v) is 20.2. The molecule has 3 atom stereocenters. The van der Waals surface area contributed by atoms with Gasteiger partial charge in [0, 0.05) is 36.9 Å². The van der Waals surface area contributed by atoms with Gasteiger partial charge in [-0.15, -0.1) is 11.8 Å². The average Bonchev–Trinajstić information content (AvgIpc) is 2.81. The van der Waals surface area contributed by atoms with Gasteiger partial charge in [-0.2, -0.15) is 0 Å². The van der Waals surface area contributed by atoms with Crippen molar-refractivity contribution in [1.29, 1.82) is 0 Å². The van der Waals surface area contributed by atoms with E-state index < -0.39 is 0 Å². The summed E-state index contributed by atoms with van der Waals surface area (Å²) in [7, 11) is 1.68. The minimum atomic E-state index is -0.261. The van der Waals surface area contributed by atoms with Crippen LogP contribution < -0.4 is 20.7 Å². The number of hydrogen-bond acceptors (Lipinski definition) is 6. The molecule has 0 saturated carbocycles. The first-order chi connectivity index (χ1) is 15.9. The first-order valence-electron chi connectivity index (χ1n) is 11.3. The number of carbonyl (C=O) groups is 2. The number of nitrogens with one attached hydrogen (secondary N) is 3. The summed E-state index contributed by atoms with van der Waals surface area (Å²) in [5, 5.41) is 9.59. The highest BCUT2D eigenvalue weighted by molar-refractivity contribution is 8.00. The van der Waals surface area contributed by atoms with Gasteiger partial charge in [0.1, 0.15) is 11.2 Å². The number of benzene rings is 2. The highest BCUT2D eigenvalue weighted by atomic mass is 32.2. The summed E-state index contributed by atoms with van der Waals surface area (Å²) in [6.45, 7) is 6.34. The Bertz CT molecular complexity index is 995. The Morgan fingerprint density at radius 3 is 2.70 bits per heavy atom. The summed E-state index contributed by atoms with van der Waals surface area (Å²) < 4.78 is 5.47. The normalized spacial score (nSPS) is 22.9. The van der Waals surface area contributed by atoms with Gasteiger partial charge in [0.25, 0.3) is 0 Å². The molecule has 0 bridgehead atoms. The number of thioether (sulfide) groups is 1. The first kappa shape index (κ1) is 23.6. The number of ether oxygens (including phenoxy) is 1. The van der Waals surface area contributed by atoms with Gasteiger partial charge in [0.05, 0.1) is 18.8 Å². The van der Waals surface area contributed by atoms with E-state index in [4.69, 9.17) is 4.74 Å². The number of fused-ring (bicyclic) bond motifs is 1. The molecule has 2 amide bonds. The lowest BCUT2D eigenvalue weighted by Crippen LogP contribution is -2.64. The summed E-state index contributed by atoms with van der Waals surface area (Å²) in [5.41, 5.74) is 3.82. The van der Waals surface area contributed by atoms with Crippen molar-refractivity contribution in [3.05, 3.63) is 59.2 Å². The van der Waals surface area contributed by atoms with Gasteiger partial charge in [-0.25, -0.2) is 0 Å². The van der Waals surface area contributed by atoms with Crippen LogP contribution >= 0.6 is 11.8 Å². The van der Waals surface area contributed by atoms with E-state index in [2.05, 4.69) is 26.9 Å². The Morgan fingerprint density at radius 1 is 1.18 bits per heavy atom. The van der Waals surface area contributed by atoms with Gasteiger partial charge < -0.3 is 15.4 Å². The molecule has 2 aromatic rings. The Kier molecular flexibility index (Phi) is 7.57. The van der Waals surface area contributed by atoms with Crippen LogP contribution in [-0.4, -0.2) is 54.2 Å². The van der Waals surface area contributed by atoms with Crippen LogP contribution in [0, 0.1) is 19.8 Å². The lowest BCUT2D eigenvalue weighted by molar-refractivity contribution is -0.130. The molecule has 176 valence electrons. The molecule has 4 rings (SSSR count). The average molecular weight is 469 g/mol. The van der Waals surface area contributed by atoms with E-state index in [0.717, 1.165) is 47.6 Å². The topological polar surface area (TPSA) is 82.7 Å². The molecule has 2 fully saturated rings. The highest BCUT2D eigenvalue weighted by Gasteiger charge is 2.40. The van der Waals surface area contributed by atoms with Gasteiger partial charge in [0.15, 0.2) is 0 Å². The van der Waals surface area contributed by atoms with Crippen molar-refractivity contribution in [2.24, 2.45) is 5.92 Å². The van der Waals surface area contributed by atoms with E-state index in [9.17, 15) is 9.59 Å². The zero-order valence-electron chi connectivity index (χ0n) is 19.4. The van der Waals surface area contributed by atoms with Gasteiger partial charge in [0.2, 0.25) is 11.8 Å². The molecule has 0 radical (unpaired) electrons. The number of rotatable bonds is 7. The zero-order chi connectivity index (χ0) is 23.4. The van der Waals surface area contributed by atoms with Crippen molar-refractivity contribution in [2.45, 2.75) is 38.4 Å². The molecule has 2 aromatic carbocycles. The molecular weight excluding hydrogens is 436 g/mol. The van der Waals surface area contributed by atoms with Crippen LogP contribution in [-0.2, 0) is 16.1 Å². The van der Waals surface area contributed by atoms with Gasteiger partial charge in [-0.1, -0.05) is 36.4 Å². The molecule has 3 N–H and O–H groups in total. The summed E-state index contributed by atoms with van der Waals surface area (Å²) >= 11 is 1.42. The van der Waals surface area contributed by atoms with Crippen molar-refractivity contribution in [1.82, 2.24) is 15.5 Å². The van der Waals surface area contributed by atoms with Crippen LogP contribution in [0.1, 0.15) is 23.1 Å². The molecule has 0 aromatic heterocycles. The Balaban J connectivity index is 1.28. The molecule has 2 saturated heterocycles. The molecule has 2 aliphatic rings. The summed E-state index contributed by atoms with van der Waals surface area (Å²) in [4.78, 5) is 27.7. The number of hydrogen-bond donors (Lipinski definition) is 3. The predicted molar refractivity (Wildman–Crippen MR) is 132 cm³/mol. The maximum Gasteiger partial charge on any atom is 0.234 e. The first-order valence-corrected chi connectivity index (χ1v) is 12.4. The van der Waals surface area contributed by atoms with E-state index >= 15 is 0 Å². The second-order valence-electron chi connectivity index (χ2n) is 8.73.